The molecule has 1 fully saturated rings. The molecule has 37 heavy (non-hydrogen) atoms. The summed E-state index contributed by atoms with van der Waals surface area (Å²) in [7, 11) is 0. The lowest BCUT2D eigenvalue weighted by molar-refractivity contribution is 0.200. The van der Waals surface area contributed by atoms with E-state index in [0.29, 0.717) is 31.1 Å². The lowest BCUT2D eigenvalue weighted by Crippen LogP contribution is -2.47. The molecule has 0 saturated carbocycles. The number of aryl methyl sites for hydroxylation is 2. The van der Waals surface area contributed by atoms with E-state index in [9.17, 15) is 9.50 Å². The van der Waals surface area contributed by atoms with Crippen molar-refractivity contribution in [2.24, 2.45) is 10.2 Å². The van der Waals surface area contributed by atoms with Crippen molar-refractivity contribution in [1.29, 1.82) is 0 Å². The average Bonchev–Trinajstić information content (AvgIpc) is 3.16. The Morgan fingerprint density at radius 1 is 1.00 bits per heavy atom. The van der Waals surface area contributed by atoms with E-state index in [4.69, 9.17) is 12.2 Å². The number of hydrogen-bond donors (Lipinski definition) is 2. The lowest BCUT2D eigenvalue weighted by atomic mass is 10.1. The highest BCUT2D eigenvalue weighted by Gasteiger charge is 2.23. The van der Waals surface area contributed by atoms with Gasteiger partial charge in [0, 0.05) is 37.3 Å². The highest BCUT2D eigenvalue weighted by atomic mass is 32.1. The molecule has 0 unspecified atom stereocenters. The number of fused-ring (bicyclic) bond motifs is 1. The number of azo groups is 1. The van der Waals surface area contributed by atoms with E-state index in [1.165, 1.54) is 11.6 Å². The average molecular weight is 517 g/mol. The molecule has 2 N–H and O–H groups in total. The molecular weight excluding hydrogens is 487 g/mol. The van der Waals surface area contributed by atoms with E-state index in [1.807, 2.05) is 66.9 Å². The predicted octanol–water partition coefficient (Wildman–Crippen LogP) is 6.36. The smallest absolute Gasteiger partial charge is 0.221 e. The maximum Gasteiger partial charge on any atom is 0.221 e. The van der Waals surface area contributed by atoms with Gasteiger partial charge in [0.25, 0.3) is 0 Å². The minimum Gasteiger partial charge on any atom is -0.493 e. The van der Waals surface area contributed by atoms with Crippen LogP contribution in [0.1, 0.15) is 11.1 Å². The fourth-order valence-corrected chi connectivity index (χ4v) is 4.89. The molecule has 1 aliphatic rings. The Hall–Kier alpha value is -3.82. The van der Waals surface area contributed by atoms with Gasteiger partial charge >= 0.3 is 0 Å². The van der Waals surface area contributed by atoms with E-state index in [2.05, 4.69) is 31.4 Å². The van der Waals surface area contributed by atoms with Gasteiger partial charge in [-0.05, 0) is 55.9 Å². The number of aromatic nitrogens is 1. The summed E-state index contributed by atoms with van der Waals surface area (Å²) in [5.41, 5.74) is 4.97. The first-order valence-corrected chi connectivity index (χ1v) is 12.6. The third-order valence-electron chi connectivity index (χ3n) is 6.69. The molecule has 0 spiro atoms. The van der Waals surface area contributed by atoms with Crippen LogP contribution in [0.2, 0.25) is 0 Å². The van der Waals surface area contributed by atoms with Gasteiger partial charge in [0.05, 0.1) is 17.9 Å². The predicted molar refractivity (Wildman–Crippen MR) is 150 cm³/mol. The molecule has 7 nitrogen and oxygen atoms in total. The molecule has 1 saturated heterocycles. The van der Waals surface area contributed by atoms with Crippen molar-refractivity contribution in [2.45, 2.75) is 20.5 Å². The SMILES string of the molecule is Cc1ccc(NC(=S)N=Nc2c(O)n(CN3CCN(c4ccccc4F)CC3)c3ccccc23)c(C)c1. The van der Waals surface area contributed by atoms with Crippen LogP contribution in [-0.4, -0.2) is 45.9 Å². The summed E-state index contributed by atoms with van der Waals surface area (Å²) in [6.45, 7) is 7.40. The zero-order valence-corrected chi connectivity index (χ0v) is 21.7. The summed E-state index contributed by atoms with van der Waals surface area (Å²) in [5.74, 6) is -0.166. The Morgan fingerprint density at radius 3 is 2.49 bits per heavy atom. The van der Waals surface area contributed by atoms with Crippen molar-refractivity contribution in [3.05, 3.63) is 83.7 Å². The number of para-hydroxylation sites is 2. The third kappa shape index (κ3) is 5.33. The number of benzene rings is 3. The normalized spacial score (nSPS) is 14.5. The molecule has 2 heterocycles. The number of halogens is 1. The van der Waals surface area contributed by atoms with Crippen molar-refractivity contribution in [3.63, 3.8) is 0 Å². The van der Waals surface area contributed by atoms with Crippen LogP contribution in [-0.2, 0) is 6.67 Å². The molecule has 0 amide bonds. The molecule has 4 aromatic rings. The second-order valence-electron chi connectivity index (χ2n) is 9.26. The van der Waals surface area contributed by atoms with Crippen LogP contribution < -0.4 is 10.2 Å². The van der Waals surface area contributed by atoms with Crippen molar-refractivity contribution in [2.75, 3.05) is 36.4 Å². The summed E-state index contributed by atoms with van der Waals surface area (Å²) in [4.78, 5) is 4.29. The van der Waals surface area contributed by atoms with E-state index in [0.717, 1.165) is 35.2 Å². The van der Waals surface area contributed by atoms with Crippen LogP contribution in [0.25, 0.3) is 10.9 Å². The van der Waals surface area contributed by atoms with Crippen molar-refractivity contribution < 1.29 is 9.50 Å². The zero-order valence-electron chi connectivity index (χ0n) is 20.9. The van der Waals surface area contributed by atoms with Gasteiger partial charge in [-0.15, -0.1) is 10.2 Å². The molecule has 0 atom stereocenters. The molecule has 5 rings (SSSR count). The summed E-state index contributed by atoms with van der Waals surface area (Å²) in [5, 5.41) is 23.8. The fraction of sp³-hybridized carbons (Fsp3) is 0.250. The molecule has 0 aliphatic carbocycles. The number of hydrogen-bond acceptors (Lipinski definition) is 5. The first-order valence-electron chi connectivity index (χ1n) is 12.2. The van der Waals surface area contributed by atoms with Crippen molar-refractivity contribution in [3.8, 4) is 5.88 Å². The lowest BCUT2D eigenvalue weighted by Gasteiger charge is -2.36. The highest BCUT2D eigenvalue weighted by molar-refractivity contribution is 7.80. The van der Waals surface area contributed by atoms with Gasteiger partial charge in [0.1, 0.15) is 5.82 Å². The fourth-order valence-electron chi connectivity index (χ4n) is 4.74. The van der Waals surface area contributed by atoms with Crippen molar-refractivity contribution >= 4 is 45.3 Å². The van der Waals surface area contributed by atoms with Gasteiger partial charge in [-0.3, -0.25) is 9.47 Å². The Bertz CT molecular complexity index is 1480. The van der Waals surface area contributed by atoms with Crippen LogP contribution in [0.4, 0.5) is 21.5 Å². The van der Waals surface area contributed by atoms with Gasteiger partial charge in [0.2, 0.25) is 11.0 Å². The van der Waals surface area contributed by atoms with Gasteiger partial charge in [-0.25, -0.2) is 4.39 Å². The second kappa shape index (κ2) is 10.7. The number of piperazine rings is 1. The van der Waals surface area contributed by atoms with Gasteiger partial charge in [-0.2, -0.15) is 0 Å². The van der Waals surface area contributed by atoms with Crippen LogP contribution >= 0.6 is 12.2 Å². The zero-order chi connectivity index (χ0) is 25.9. The Balaban J connectivity index is 1.32. The number of nitrogens with zero attached hydrogens (tertiary/aromatic N) is 5. The molecule has 0 bridgehead atoms. The molecule has 9 heteroatoms. The summed E-state index contributed by atoms with van der Waals surface area (Å²) in [6, 6.07) is 20.6. The van der Waals surface area contributed by atoms with E-state index >= 15 is 0 Å². The molecule has 190 valence electrons. The Kier molecular flexibility index (Phi) is 7.16. The highest BCUT2D eigenvalue weighted by Crippen LogP contribution is 2.39. The quantitative estimate of drug-likeness (QED) is 0.239. The number of rotatable bonds is 5. The first-order chi connectivity index (χ1) is 17.9. The molecule has 3 aromatic carbocycles. The number of anilines is 2. The monoisotopic (exact) mass is 516 g/mol. The van der Waals surface area contributed by atoms with Crippen LogP contribution in [0.5, 0.6) is 5.88 Å². The van der Waals surface area contributed by atoms with E-state index in [1.54, 1.807) is 6.07 Å². The Morgan fingerprint density at radius 2 is 1.73 bits per heavy atom. The standard InChI is InChI=1S/C28H29FN6OS/c1-19-11-12-23(20(2)17-19)30-28(37)32-31-26-21-7-3-5-9-24(21)35(27(26)36)18-33-13-15-34(16-14-33)25-10-6-4-8-22(25)29/h3-12,17,36H,13-16,18H2,1-2H3,(H,30,37). The molecule has 1 aliphatic heterocycles. The topological polar surface area (TPSA) is 68.4 Å². The second-order valence-corrected chi connectivity index (χ2v) is 9.65. The van der Waals surface area contributed by atoms with Crippen LogP contribution in [0.15, 0.2) is 77.0 Å². The minimum atomic E-state index is -0.204. The van der Waals surface area contributed by atoms with Crippen LogP contribution in [0.3, 0.4) is 0 Å². The largest absolute Gasteiger partial charge is 0.493 e. The van der Waals surface area contributed by atoms with Gasteiger partial charge in [0.15, 0.2) is 5.69 Å². The minimum absolute atomic E-state index is 0.0378. The number of thiocarbonyl (C=S) groups is 1. The van der Waals surface area contributed by atoms with E-state index in [-0.39, 0.29) is 16.8 Å². The van der Waals surface area contributed by atoms with Gasteiger partial charge < -0.3 is 15.3 Å². The van der Waals surface area contributed by atoms with Crippen LogP contribution in [0, 0.1) is 19.7 Å². The number of nitrogens with one attached hydrogen (secondary N) is 1. The molecule has 0 radical (unpaired) electrons. The summed E-state index contributed by atoms with van der Waals surface area (Å²) < 4.78 is 16.0. The maximum atomic E-state index is 14.2. The maximum absolute atomic E-state index is 14.2. The summed E-state index contributed by atoms with van der Waals surface area (Å²) >= 11 is 5.39. The van der Waals surface area contributed by atoms with Crippen molar-refractivity contribution in [1.82, 2.24) is 9.47 Å². The Labute approximate surface area is 220 Å². The number of aromatic hydroxyl groups is 1. The summed E-state index contributed by atoms with van der Waals surface area (Å²) in [6.07, 6.45) is 0. The molecular formula is C28H29FN6OS. The molecule has 1 aromatic heterocycles. The first kappa shape index (κ1) is 24.9. The van der Waals surface area contributed by atoms with E-state index < -0.39 is 0 Å². The third-order valence-corrected chi connectivity index (χ3v) is 6.87. The van der Waals surface area contributed by atoms with Gasteiger partial charge in [-0.1, -0.05) is 48.0 Å².